The Kier molecular flexibility index (Phi) is 3.80. The van der Waals surface area contributed by atoms with Gasteiger partial charge in [0.2, 0.25) is 0 Å². The predicted molar refractivity (Wildman–Crippen MR) is 71.8 cm³/mol. The van der Waals surface area contributed by atoms with Gasteiger partial charge in [0, 0.05) is 16.1 Å². The van der Waals surface area contributed by atoms with Crippen molar-refractivity contribution < 1.29 is 9.90 Å². The summed E-state index contributed by atoms with van der Waals surface area (Å²) in [5.41, 5.74) is -0.771. The van der Waals surface area contributed by atoms with Crippen molar-refractivity contribution in [1.82, 2.24) is 9.78 Å². The predicted octanol–water partition coefficient (Wildman–Crippen LogP) is 2.89. The van der Waals surface area contributed by atoms with Crippen LogP contribution in [0.15, 0.2) is 29.1 Å². The Morgan fingerprint density at radius 2 is 1.68 bits per heavy atom. The van der Waals surface area contributed by atoms with Crippen molar-refractivity contribution >= 4 is 40.8 Å². The first-order chi connectivity index (χ1) is 8.88. The number of hydrogen-bond donors (Lipinski definition) is 1. The molecule has 0 aliphatic rings. The number of halogens is 3. The third-order valence-corrected chi connectivity index (χ3v) is 2.90. The standard InChI is InChI=1S/C11H5Cl3N2O3/c12-5-1-6(13)3-7(2-5)16-9(17)4-8(14)10(15-16)11(18)19/h1-4H,(H,18,19). The van der Waals surface area contributed by atoms with Crippen molar-refractivity contribution in [3.63, 3.8) is 0 Å². The molecule has 0 radical (unpaired) electrons. The molecule has 0 aliphatic heterocycles. The van der Waals surface area contributed by atoms with Gasteiger partial charge in [0.05, 0.1) is 10.7 Å². The highest BCUT2D eigenvalue weighted by Gasteiger charge is 2.15. The summed E-state index contributed by atoms with van der Waals surface area (Å²) in [5, 5.41) is 13.0. The second-order valence-electron chi connectivity index (χ2n) is 3.52. The van der Waals surface area contributed by atoms with Crippen molar-refractivity contribution in [2.75, 3.05) is 0 Å². The quantitative estimate of drug-likeness (QED) is 0.924. The van der Waals surface area contributed by atoms with Crippen LogP contribution in [-0.4, -0.2) is 20.9 Å². The van der Waals surface area contributed by atoms with E-state index in [1.165, 1.54) is 18.2 Å². The number of carboxylic acid groups (broad SMARTS) is 1. The van der Waals surface area contributed by atoms with Crippen LogP contribution in [0.3, 0.4) is 0 Å². The molecule has 1 aromatic carbocycles. The van der Waals surface area contributed by atoms with Gasteiger partial charge in [0.25, 0.3) is 5.56 Å². The lowest BCUT2D eigenvalue weighted by Crippen LogP contribution is -2.23. The van der Waals surface area contributed by atoms with Gasteiger partial charge in [-0.3, -0.25) is 4.79 Å². The Hall–Kier alpha value is -1.56. The van der Waals surface area contributed by atoms with Crippen molar-refractivity contribution in [2.45, 2.75) is 0 Å². The number of benzene rings is 1. The van der Waals surface area contributed by atoms with E-state index in [0.717, 1.165) is 10.7 Å². The summed E-state index contributed by atoms with van der Waals surface area (Å²) in [6.07, 6.45) is 0. The molecule has 1 aromatic heterocycles. The molecule has 2 aromatic rings. The van der Waals surface area contributed by atoms with Gasteiger partial charge in [-0.2, -0.15) is 9.78 Å². The Morgan fingerprint density at radius 3 is 2.21 bits per heavy atom. The molecule has 0 amide bonds. The average molecular weight is 320 g/mol. The first-order valence-electron chi connectivity index (χ1n) is 4.88. The van der Waals surface area contributed by atoms with Gasteiger partial charge < -0.3 is 5.11 Å². The van der Waals surface area contributed by atoms with Crippen LogP contribution in [0.2, 0.25) is 15.1 Å². The summed E-state index contributed by atoms with van der Waals surface area (Å²) in [6, 6.07) is 5.31. The monoisotopic (exact) mass is 318 g/mol. The summed E-state index contributed by atoms with van der Waals surface area (Å²) in [6.45, 7) is 0. The molecule has 2 rings (SSSR count). The van der Waals surface area contributed by atoms with Crippen LogP contribution in [0, 0.1) is 0 Å². The van der Waals surface area contributed by atoms with Gasteiger partial charge >= 0.3 is 5.97 Å². The lowest BCUT2D eigenvalue weighted by atomic mass is 10.3. The molecule has 0 unspecified atom stereocenters. The van der Waals surface area contributed by atoms with Crippen LogP contribution < -0.4 is 5.56 Å². The second-order valence-corrected chi connectivity index (χ2v) is 4.80. The van der Waals surface area contributed by atoms with Crippen molar-refractivity contribution in [3.8, 4) is 5.69 Å². The van der Waals surface area contributed by atoms with E-state index in [-0.39, 0.29) is 10.7 Å². The number of carboxylic acids is 1. The van der Waals surface area contributed by atoms with Crippen molar-refractivity contribution in [3.05, 3.63) is 55.4 Å². The molecular weight excluding hydrogens is 314 g/mol. The van der Waals surface area contributed by atoms with Crippen LogP contribution in [0.4, 0.5) is 0 Å². The largest absolute Gasteiger partial charge is 0.476 e. The van der Waals surface area contributed by atoms with Crippen LogP contribution in [0.25, 0.3) is 5.69 Å². The minimum absolute atomic E-state index is 0.234. The third-order valence-electron chi connectivity index (χ3n) is 2.18. The highest BCUT2D eigenvalue weighted by Crippen LogP contribution is 2.21. The molecular formula is C11H5Cl3N2O3. The molecule has 1 N–H and O–H groups in total. The van der Waals surface area contributed by atoms with Gasteiger partial charge in [-0.05, 0) is 18.2 Å². The zero-order valence-electron chi connectivity index (χ0n) is 9.10. The van der Waals surface area contributed by atoms with Gasteiger partial charge in [0.1, 0.15) is 0 Å². The Morgan fingerprint density at radius 1 is 1.11 bits per heavy atom. The van der Waals surface area contributed by atoms with E-state index in [9.17, 15) is 9.59 Å². The summed E-state index contributed by atoms with van der Waals surface area (Å²) >= 11 is 17.3. The molecule has 19 heavy (non-hydrogen) atoms. The molecule has 0 aliphatic carbocycles. The third kappa shape index (κ3) is 2.89. The van der Waals surface area contributed by atoms with E-state index in [1.807, 2.05) is 0 Å². The summed E-state index contributed by atoms with van der Waals surface area (Å²) in [7, 11) is 0. The number of rotatable bonds is 2. The summed E-state index contributed by atoms with van der Waals surface area (Å²) < 4.78 is 0.868. The number of aromatic nitrogens is 2. The Bertz CT molecular complexity index is 707. The normalized spacial score (nSPS) is 10.5. The SMILES string of the molecule is O=C(O)c1nn(-c2cc(Cl)cc(Cl)c2)c(=O)cc1Cl. The maximum Gasteiger partial charge on any atom is 0.357 e. The topological polar surface area (TPSA) is 72.2 Å². The summed E-state index contributed by atoms with van der Waals surface area (Å²) in [5.74, 6) is -1.34. The fraction of sp³-hybridized carbons (Fsp3) is 0. The molecule has 0 spiro atoms. The molecule has 0 saturated heterocycles. The fourth-order valence-electron chi connectivity index (χ4n) is 1.43. The van der Waals surface area contributed by atoms with E-state index < -0.39 is 17.2 Å². The molecule has 1 heterocycles. The molecule has 0 bridgehead atoms. The van der Waals surface area contributed by atoms with Crippen LogP contribution in [0.1, 0.15) is 10.5 Å². The van der Waals surface area contributed by atoms with Crippen LogP contribution in [-0.2, 0) is 0 Å². The van der Waals surface area contributed by atoms with E-state index in [2.05, 4.69) is 5.10 Å². The van der Waals surface area contributed by atoms with E-state index in [4.69, 9.17) is 39.9 Å². The average Bonchev–Trinajstić information content (AvgIpc) is 2.26. The maximum atomic E-state index is 11.8. The second kappa shape index (κ2) is 5.21. The van der Waals surface area contributed by atoms with Gasteiger partial charge in [-0.25, -0.2) is 4.79 Å². The van der Waals surface area contributed by atoms with Gasteiger partial charge in [-0.15, -0.1) is 0 Å². The van der Waals surface area contributed by atoms with E-state index >= 15 is 0 Å². The molecule has 0 atom stereocenters. The highest BCUT2D eigenvalue weighted by atomic mass is 35.5. The van der Waals surface area contributed by atoms with Crippen LogP contribution >= 0.6 is 34.8 Å². The minimum Gasteiger partial charge on any atom is -0.476 e. The number of carbonyl (C=O) groups is 1. The van der Waals surface area contributed by atoms with E-state index in [1.54, 1.807) is 0 Å². The molecule has 0 fully saturated rings. The molecule has 98 valence electrons. The van der Waals surface area contributed by atoms with E-state index in [0.29, 0.717) is 10.0 Å². The Balaban J connectivity index is 2.71. The maximum absolute atomic E-state index is 11.8. The minimum atomic E-state index is -1.34. The van der Waals surface area contributed by atoms with Gasteiger partial charge in [-0.1, -0.05) is 34.8 Å². The first kappa shape index (κ1) is 13.9. The number of hydrogen-bond acceptors (Lipinski definition) is 3. The first-order valence-corrected chi connectivity index (χ1v) is 6.01. The number of aromatic carboxylic acids is 1. The molecule has 5 nitrogen and oxygen atoms in total. The Labute approximate surface area is 121 Å². The van der Waals surface area contributed by atoms with Crippen molar-refractivity contribution in [1.29, 1.82) is 0 Å². The van der Waals surface area contributed by atoms with Crippen molar-refractivity contribution in [2.24, 2.45) is 0 Å². The smallest absolute Gasteiger partial charge is 0.357 e. The lowest BCUT2D eigenvalue weighted by molar-refractivity contribution is 0.0688. The summed E-state index contributed by atoms with van der Waals surface area (Å²) in [4.78, 5) is 22.7. The fourth-order valence-corrected chi connectivity index (χ4v) is 2.15. The van der Waals surface area contributed by atoms with Gasteiger partial charge in [0.15, 0.2) is 5.69 Å². The zero-order valence-corrected chi connectivity index (χ0v) is 11.4. The van der Waals surface area contributed by atoms with Crippen LogP contribution in [0.5, 0.6) is 0 Å². The molecule has 0 saturated carbocycles. The highest BCUT2D eigenvalue weighted by molar-refractivity contribution is 6.35. The molecule has 8 heteroatoms. The number of nitrogens with zero attached hydrogens (tertiary/aromatic N) is 2. The lowest BCUT2D eigenvalue weighted by Gasteiger charge is -2.07. The zero-order chi connectivity index (χ0) is 14.2.